The summed E-state index contributed by atoms with van der Waals surface area (Å²) >= 11 is 1.75. The van der Waals surface area contributed by atoms with Gasteiger partial charge in [0.05, 0.1) is 5.70 Å². The van der Waals surface area contributed by atoms with Gasteiger partial charge in [0.25, 0.3) is 0 Å². The van der Waals surface area contributed by atoms with Gasteiger partial charge < -0.3 is 11.1 Å². The Hall–Kier alpha value is -2.07. The fourth-order valence-electron chi connectivity index (χ4n) is 3.23. The molecule has 1 aromatic carbocycles. The average molecular weight is 295 g/mol. The summed E-state index contributed by atoms with van der Waals surface area (Å²) in [5.41, 5.74) is 11.3. The van der Waals surface area contributed by atoms with Gasteiger partial charge in [-0.05, 0) is 41.8 Å². The highest BCUT2D eigenvalue weighted by atomic mass is 32.1. The maximum absolute atomic E-state index is 6.06. The van der Waals surface area contributed by atoms with E-state index in [4.69, 9.17) is 5.73 Å². The Morgan fingerprint density at radius 1 is 1.14 bits per heavy atom. The number of aryl methyl sites for hydroxylation is 1. The largest absolute Gasteiger partial charge is 0.370 e. The van der Waals surface area contributed by atoms with Gasteiger partial charge in [0, 0.05) is 10.4 Å². The lowest BCUT2D eigenvalue weighted by Gasteiger charge is -2.26. The smallest absolute Gasteiger partial charge is 0.194 e. The first-order valence-corrected chi connectivity index (χ1v) is 8.16. The summed E-state index contributed by atoms with van der Waals surface area (Å²) in [6.45, 7) is 0. The minimum atomic E-state index is 0.0763. The van der Waals surface area contributed by atoms with Gasteiger partial charge in [0.2, 0.25) is 0 Å². The highest BCUT2D eigenvalue weighted by Crippen LogP contribution is 2.40. The summed E-state index contributed by atoms with van der Waals surface area (Å²) in [7, 11) is 0. The van der Waals surface area contributed by atoms with Crippen molar-refractivity contribution in [1.29, 1.82) is 0 Å². The topological polar surface area (TPSA) is 50.4 Å². The number of benzene rings is 1. The highest BCUT2D eigenvalue weighted by molar-refractivity contribution is 7.10. The predicted molar refractivity (Wildman–Crippen MR) is 88.1 cm³/mol. The van der Waals surface area contributed by atoms with Crippen LogP contribution >= 0.6 is 11.3 Å². The second-order valence-electron chi connectivity index (χ2n) is 5.47. The molecule has 2 aromatic rings. The van der Waals surface area contributed by atoms with E-state index in [1.807, 2.05) is 0 Å². The third-order valence-corrected chi connectivity index (χ3v) is 5.09. The van der Waals surface area contributed by atoms with Crippen molar-refractivity contribution in [2.45, 2.75) is 25.3 Å². The molecule has 21 heavy (non-hydrogen) atoms. The summed E-state index contributed by atoms with van der Waals surface area (Å²) in [4.78, 5) is 5.93. The fraction of sp³-hybridized carbons (Fsp3) is 0.235. The second kappa shape index (κ2) is 5.04. The van der Waals surface area contributed by atoms with Gasteiger partial charge in [0.1, 0.15) is 6.04 Å². The van der Waals surface area contributed by atoms with Gasteiger partial charge in [-0.25, -0.2) is 4.99 Å². The third-order valence-electron chi connectivity index (χ3n) is 4.16. The summed E-state index contributed by atoms with van der Waals surface area (Å²) in [5.74, 6) is 0.517. The van der Waals surface area contributed by atoms with Crippen LogP contribution < -0.4 is 11.1 Å². The Morgan fingerprint density at radius 3 is 2.90 bits per heavy atom. The van der Waals surface area contributed by atoms with Crippen LogP contribution in [0, 0.1) is 0 Å². The maximum Gasteiger partial charge on any atom is 0.194 e. The molecule has 0 spiro atoms. The van der Waals surface area contributed by atoms with Crippen LogP contribution in [0.3, 0.4) is 0 Å². The number of nitrogens with one attached hydrogen (secondary N) is 1. The van der Waals surface area contributed by atoms with Crippen LogP contribution in [0.4, 0.5) is 0 Å². The molecule has 3 nitrogen and oxygen atoms in total. The molecule has 0 saturated heterocycles. The van der Waals surface area contributed by atoms with E-state index in [1.54, 1.807) is 11.3 Å². The number of guanidine groups is 1. The first-order valence-electron chi connectivity index (χ1n) is 7.28. The van der Waals surface area contributed by atoms with Gasteiger partial charge in [-0.15, -0.1) is 11.3 Å². The van der Waals surface area contributed by atoms with Crippen LogP contribution in [0.15, 0.2) is 52.3 Å². The normalized spacial score (nSPS) is 21.0. The standard InChI is InChI=1S/C17H17N3S/c18-17-19-15-12-7-2-1-5-11(12)6-3-8-13(15)16(20-17)14-9-4-10-21-14/h1-2,4-5,7,9-10,16H,3,6,8H2,(H3,18,19,20). The monoisotopic (exact) mass is 295 g/mol. The van der Waals surface area contributed by atoms with Crippen LogP contribution in [0.1, 0.15) is 34.9 Å². The molecule has 0 amide bonds. The number of fused-ring (bicyclic) bond motifs is 2. The Kier molecular flexibility index (Phi) is 3.04. The summed E-state index contributed by atoms with van der Waals surface area (Å²) in [5, 5.41) is 5.42. The third kappa shape index (κ3) is 2.16. The van der Waals surface area contributed by atoms with Crippen molar-refractivity contribution in [3.63, 3.8) is 0 Å². The van der Waals surface area contributed by atoms with Crippen molar-refractivity contribution in [3.05, 3.63) is 63.4 Å². The van der Waals surface area contributed by atoms with Gasteiger partial charge in [-0.3, -0.25) is 0 Å². The molecule has 1 unspecified atom stereocenters. The van der Waals surface area contributed by atoms with Gasteiger partial charge in [0.15, 0.2) is 5.96 Å². The number of nitrogens with two attached hydrogens (primary N) is 1. The van der Waals surface area contributed by atoms with E-state index in [0.717, 1.165) is 19.3 Å². The average Bonchev–Trinajstić information content (AvgIpc) is 2.96. The predicted octanol–water partition coefficient (Wildman–Crippen LogP) is 3.45. The van der Waals surface area contributed by atoms with Crippen LogP contribution in [-0.2, 0) is 6.42 Å². The van der Waals surface area contributed by atoms with Crippen molar-refractivity contribution in [2.24, 2.45) is 10.7 Å². The molecule has 1 atom stereocenters. The lowest BCUT2D eigenvalue weighted by atomic mass is 9.96. The molecule has 0 fully saturated rings. The fourth-order valence-corrected chi connectivity index (χ4v) is 4.03. The summed E-state index contributed by atoms with van der Waals surface area (Å²) in [6, 6.07) is 12.9. The first kappa shape index (κ1) is 12.7. The van der Waals surface area contributed by atoms with E-state index < -0.39 is 0 Å². The molecule has 3 N–H and O–H groups in total. The molecule has 2 aliphatic rings. The van der Waals surface area contributed by atoms with Crippen molar-refractivity contribution in [2.75, 3.05) is 0 Å². The lowest BCUT2D eigenvalue weighted by molar-refractivity contribution is 0.730. The van der Waals surface area contributed by atoms with Crippen LogP contribution in [0.2, 0.25) is 0 Å². The van der Waals surface area contributed by atoms with Crippen molar-refractivity contribution >= 4 is 23.0 Å². The molecule has 0 radical (unpaired) electrons. The molecule has 4 heteroatoms. The number of hydrogen-bond acceptors (Lipinski definition) is 4. The molecule has 1 aromatic heterocycles. The Bertz CT molecular complexity index is 728. The van der Waals surface area contributed by atoms with E-state index in [9.17, 15) is 0 Å². The molecule has 1 aliphatic heterocycles. The molecule has 0 bridgehead atoms. The summed E-state index contributed by atoms with van der Waals surface area (Å²) < 4.78 is 0. The van der Waals surface area contributed by atoms with Crippen LogP contribution in [0.25, 0.3) is 5.70 Å². The van der Waals surface area contributed by atoms with Crippen LogP contribution in [-0.4, -0.2) is 5.96 Å². The molecule has 0 saturated carbocycles. The SMILES string of the molecule is NC1=NC(c2cccs2)C2=C(N1)c1ccccc1CCC2. The number of rotatable bonds is 1. The zero-order valence-corrected chi connectivity index (χ0v) is 12.5. The van der Waals surface area contributed by atoms with E-state index >= 15 is 0 Å². The van der Waals surface area contributed by atoms with E-state index in [0.29, 0.717) is 5.96 Å². The Labute approximate surface area is 128 Å². The van der Waals surface area contributed by atoms with E-state index in [1.165, 1.54) is 27.3 Å². The minimum absolute atomic E-state index is 0.0763. The van der Waals surface area contributed by atoms with Crippen molar-refractivity contribution in [3.8, 4) is 0 Å². The van der Waals surface area contributed by atoms with E-state index in [-0.39, 0.29) is 6.04 Å². The zero-order valence-electron chi connectivity index (χ0n) is 11.7. The van der Waals surface area contributed by atoms with Crippen LogP contribution in [0.5, 0.6) is 0 Å². The molecule has 106 valence electrons. The minimum Gasteiger partial charge on any atom is -0.370 e. The Balaban J connectivity index is 1.89. The van der Waals surface area contributed by atoms with Gasteiger partial charge in [-0.2, -0.15) is 0 Å². The molecule has 2 heterocycles. The second-order valence-corrected chi connectivity index (χ2v) is 6.45. The number of hydrogen-bond donors (Lipinski definition) is 2. The number of aliphatic imine (C=N–C) groups is 1. The zero-order chi connectivity index (χ0) is 14.2. The number of thiophene rings is 1. The highest BCUT2D eigenvalue weighted by Gasteiger charge is 2.28. The maximum atomic E-state index is 6.06. The lowest BCUT2D eigenvalue weighted by Crippen LogP contribution is -2.35. The first-order chi connectivity index (χ1) is 10.3. The summed E-state index contributed by atoms with van der Waals surface area (Å²) in [6.07, 6.45) is 3.34. The molecular formula is C17H17N3S. The Morgan fingerprint density at radius 2 is 2.05 bits per heavy atom. The molecular weight excluding hydrogens is 278 g/mol. The van der Waals surface area contributed by atoms with Crippen molar-refractivity contribution < 1.29 is 0 Å². The number of nitrogens with zero attached hydrogens (tertiary/aromatic N) is 1. The quantitative estimate of drug-likeness (QED) is 0.846. The molecule has 1 aliphatic carbocycles. The van der Waals surface area contributed by atoms with Gasteiger partial charge in [-0.1, -0.05) is 30.3 Å². The van der Waals surface area contributed by atoms with E-state index in [2.05, 4.69) is 52.1 Å². The van der Waals surface area contributed by atoms with Gasteiger partial charge >= 0.3 is 0 Å². The van der Waals surface area contributed by atoms with Crippen molar-refractivity contribution in [1.82, 2.24) is 5.32 Å². The molecule has 4 rings (SSSR count).